The van der Waals surface area contributed by atoms with Gasteiger partial charge in [-0.2, -0.15) is 0 Å². The normalized spacial score (nSPS) is 10.7. The van der Waals surface area contributed by atoms with Crippen LogP contribution < -0.4 is 30.3 Å². The average molecular weight is 1260 g/mol. The first-order valence-corrected chi connectivity index (χ1v) is 32.6. The Bertz CT molecular complexity index is 3670. The number of phenols is 6. The van der Waals surface area contributed by atoms with Gasteiger partial charge in [-0.25, -0.2) is 4.57 Å². The van der Waals surface area contributed by atoms with Crippen molar-refractivity contribution in [2.45, 2.75) is 53.9 Å². The van der Waals surface area contributed by atoms with E-state index in [-0.39, 0.29) is 56.4 Å². The van der Waals surface area contributed by atoms with Crippen LogP contribution in [0.3, 0.4) is 0 Å². The molecule has 0 bridgehead atoms. The van der Waals surface area contributed by atoms with E-state index in [2.05, 4.69) is 142 Å². The van der Waals surface area contributed by atoms with E-state index in [0.717, 1.165) is 27.8 Å². The summed E-state index contributed by atoms with van der Waals surface area (Å²) < 4.78 is 22.8. The number of aromatic hydroxyl groups is 6. The summed E-state index contributed by atoms with van der Waals surface area (Å²) in [6.45, 7) is 7.77. The zero-order valence-corrected chi connectivity index (χ0v) is 51.8. The molecule has 0 atom stereocenters. The minimum Gasteiger partial charge on any atom is -0.508 e. The van der Waals surface area contributed by atoms with Gasteiger partial charge in [-0.15, -0.1) is 0 Å². The van der Waals surface area contributed by atoms with E-state index >= 15 is 0 Å². The molecule has 12 aromatic carbocycles. The van der Waals surface area contributed by atoms with Gasteiger partial charge in [0.15, 0.2) is 0 Å². The number of hydrogen-bond acceptors (Lipinski definition) is 9. The molecule has 9 nitrogen and oxygen atoms in total. The summed E-state index contributed by atoms with van der Waals surface area (Å²) in [5.41, 5.74) is 4.64. The van der Waals surface area contributed by atoms with Crippen molar-refractivity contribution < 1.29 is 44.3 Å². The highest BCUT2D eigenvalue weighted by Gasteiger charge is 2.47. The molecule has 11 heteroatoms. The first-order valence-electron chi connectivity index (χ1n) is 28.9. The second kappa shape index (κ2) is 34.6. The van der Waals surface area contributed by atoms with Gasteiger partial charge in [-0.3, -0.25) is 0 Å². The average Bonchev–Trinajstić information content (AvgIpc) is 0.757. The molecule has 0 aliphatic carbocycles. The van der Waals surface area contributed by atoms with Gasteiger partial charge in [-0.1, -0.05) is 224 Å². The van der Waals surface area contributed by atoms with Crippen molar-refractivity contribution in [3.63, 3.8) is 0 Å². The molecule has 0 saturated carbocycles. The lowest BCUT2D eigenvalue weighted by Gasteiger charge is -2.32. The summed E-state index contributed by atoms with van der Waals surface area (Å²) in [6.07, 6.45) is 0. The van der Waals surface area contributed by atoms with E-state index in [1.54, 1.807) is 109 Å². The highest BCUT2D eigenvalue weighted by atomic mass is 31.2. The summed E-state index contributed by atoms with van der Waals surface area (Å²) in [5.74, 6) is 2.59. The van der Waals surface area contributed by atoms with Crippen LogP contribution in [-0.4, -0.2) is 37.3 Å². The molecule has 0 aliphatic rings. The molecule has 12 aromatic rings. The number of rotatable bonds is 13. The highest BCUT2D eigenvalue weighted by molar-refractivity contribution is 8.01. The Morgan fingerprint density at radius 3 is 0.663 bits per heavy atom. The molecule has 0 saturated heterocycles. The first kappa shape index (κ1) is 72.4. The molecule has 0 fully saturated rings. The molecule has 0 radical (unpaired) electrons. The van der Waals surface area contributed by atoms with E-state index in [0.29, 0.717) is 17.2 Å². The third-order valence-electron chi connectivity index (χ3n) is 14.9. The molecule has 0 aromatic heterocycles. The van der Waals surface area contributed by atoms with Gasteiger partial charge >= 0.3 is 7.60 Å². The van der Waals surface area contributed by atoms with Crippen LogP contribution in [0.2, 0.25) is 0 Å². The van der Waals surface area contributed by atoms with Crippen molar-refractivity contribution in [3.05, 3.63) is 361 Å². The standard InChI is InChI=1S/C24H20P.C20H18O3.C15H16O2.C13H13O3P.C6H6O.3CH4/c1-5-13-21(14-6-1)25(22-15-7-2-8-16-22,23-17-9-3-10-18-23)24-19-11-4-12-20-24;1-20(14-2-8-17(21)9-3-14,15-4-10-18(22)11-5-15)16-6-12-19(23)13-7-16;1-15(2,11-3-7-13(16)8-4-11)12-5-9-14(17)10-6-12;1-17(14,15-12-8-4-2-5-9-12)16-13-10-6-3-7-11-13;7-6-4-2-1-3-5-6;;;/h1-20H;2-13,21-23H,1H3;3-10,16-17H,1-2H3;2-11H,1H3;1-5,7H;3*1H4/q+1;;;;;;;. The van der Waals surface area contributed by atoms with Gasteiger partial charge in [0.25, 0.3) is 0 Å². The fourth-order valence-electron chi connectivity index (χ4n) is 10.1. The minimum absolute atomic E-state index is 0. The van der Waals surface area contributed by atoms with Gasteiger partial charge < -0.3 is 39.7 Å². The van der Waals surface area contributed by atoms with Gasteiger partial charge in [0, 0.05) is 10.8 Å². The number of para-hydroxylation sites is 3. The molecular formula is C81H85O9P2+. The summed E-state index contributed by atoms with van der Waals surface area (Å²) >= 11 is 0. The fraction of sp³-hybridized carbons (Fsp3) is 0.111. The maximum atomic E-state index is 12.1. The Morgan fingerprint density at radius 1 is 0.272 bits per heavy atom. The maximum absolute atomic E-state index is 12.1. The quantitative estimate of drug-likeness (QED) is 0.0489. The molecule has 0 heterocycles. The Morgan fingerprint density at radius 2 is 0.457 bits per heavy atom. The zero-order chi connectivity index (χ0) is 63.1. The predicted molar refractivity (Wildman–Crippen MR) is 385 cm³/mol. The third kappa shape index (κ3) is 19.4. The highest BCUT2D eigenvalue weighted by Crippen LogP contribution is 2.54. The molecular weight excluding hydrogens is 1180 g/mol. The maximum Gasteiger partial charge on any atom is 0.427 e. The number of benzene rings is 12. The van der Waals surface area contributed by atoms with Crippen molar-refractivity contribution >= 4 is 36.1 Å². The van der Waals surface area contributed by atoms with E-state index in [9.17, 15) is 30.1 Å². The lowest BCUT2D eigenvalue weighted by molar-refractivity contribution is 0.393. The molecule has 6 N–H and O–H groups in total. The van der Waals surface area contributed by atoms with Crippen LogP contribution in [0.4, 0.5) is 0 Å². The molecule has 0 spiro atoms. The van der Waals surface area contributed by atoms with Crippen molar-refractivity contribution in [1.29, 1.82) is 0 Å². The molecule has 472 valence electrons. The van der Waals surface area contributed by atoms with Crippen molar-refractivity contribution in [2.24, 2.45) is 0 Å². The van der Waals surface area contributed by atoms with Gasteiger partial charge in [0.05, 0.1) is 6.66 Å². The van der Waals surface area contributed by atoms with Crippen molar-refractivity contribution in [2.75, 3.05) is 6.66 Å². The van der Waals surface area contributed by atoms with E-state index < -0.39 is 20.3 Å². The van der Waals surface area contributed by atoms with Crippen LogP contribution in [0.1, 0.15) is 70.9 Å². The van der Waals surface area contributed by atoms with Crippen LogP contribution in [0.15, 0.2) is 334 Å². The van der Waals surface area contributed by atoms with Gasteiger partial charge in [0.2, 0.25) is 0 Å². The Kier molecular flexibility index (Phi) is 27.3. The fourth-order valence-corrected chi connectivity index (χ4v) is 15.4. The second-order valence-electron chi connectivity index (χ2n) is 21.4. The molecule has 0 amide bonds. The molecule has 92 heavy (non-hydrogen) atoms. The molecule has 12 rings (SSSR count). The molecule has 0 unspecified atom stereocenters. The van der Waals surface area contributed by atoms with Crippen LogP contribution in [0.5, 0.6) is 46.0 Å². The monoisotopic (exact) mass is 1260 g/mol. The molecule has 0 aliphatic heterocycles. The SMILES string of the molecule is C.C.C.CC(C)(c1ccc(O)cc1)c1ccc(O)cc1.CC(c1ccc(O)cc1)(c1ccc(O)cc1)c1ccc(O)cc1.CP(=O)(Oc1ccccc1)Oc1ccccc1.Oc1ccccc1.c1ccc([P+](c2ccccc2)(c2ccccc2)c2ccccc2)cc1. The van der Waals surface area contributed by atoms with Crippen LogP contribution in [-0.2, 0) is 15.4 Å². The number of phenolic OH excluding ortho intramolecular Hbond substituents is 6. The Hall–Kier alpha value is -10.3. The second-order valence-corrected chi connectivity index (χ2v) is 26.7. The summed E-state index contributed by atoms with van der Waals surface area (Å²) in [6, 6.07) is 106. The van der Waals surface area contributed by atoms with E-state index in [1.807, 2.05) is 103 Å². The van der Waals surface area contributed by atoms with Crippen LogP contribution in [0.25, 0.3) is 0 Å². The largest absolute Gasteiger partial charge is 0.508 e. The van der Waals surface area contributed by atoms with Crippen LogP contribution in [0, 0.1) is 0 Å². The Balaban J connectivity index is 0.000000215. The van der Waals surface area contributed by atoms with E-state index in [1.165, 1.54) is 27.9 Å². The number of hydrogen-bond donors (Lipinski definition) is 6. The van der Waals surface area contributed by atoms with Gasteiger partial charge in [-0.05, 0) is 180 Å². The Labute approximate surface area is 545 Å². The first-order chi connectivity index (χ1) is 43.0. The van der Waals surface area contributed by atoms with E-state index in [4.69, 9.17) is 14.2 Å². The van der Waals surface area contributed by atoms with Crippen molar-refractivity contribution in [1.82, 2.24) is 0 Å². The zero-order valence-electron chi connectivity index (χ0n) is 50.1. The lowest BCUT2D eigenvalue weighted by atomic mass is 9.71. The van der Waals surface area contributed by atoms with Gasteiger partial charge in [0.1, 0.15) is 74.5 Å². The van der Waals surface area contributed by atoms with Crippen molar-refractivity contribution in [3.8, 4) is 46.0 Å². The summed E-state index contributed by atoms with van der Waals surface area (Å²) in [5, 5.41) is 61.5. The summed E-state index contributed by atoms with van der Waals surface area (Å²) in [4.78, 5) is 0. The van der Waals surface area contributed by atoms with Crippen LogP contribution >= 0.6 is 14.9 Å². The lowest BCUT2D eigenvalue weighted by Crippen LogP contribution is -2.38. The smallest absolute Gasteiger partial charge is 0.427 e. The third-order valence-corrected chi connectivity index (χ3v) is 20.2. The minimum atomic E-state index is -3.14. The topological polar surface area (TPSA) is 157 Å². The summed E-state index contributed by atoms with van der Waals surface area (Å²) in [7, 11) is -5.04. The predicted octanol–water partition coefficient (Wildman–Crippen LogP) is 19.2.